The third-order valence-corrected chi connectivity index (χ3v) is 3.09. The minimum atomic E-state index is -0.376. The molecular formula is C13H17NO4S. The van der Waals surface area contributed by atoms with Crippen LogP contribution in [0.15, 0.2) is 24.3 Å². The maximum Gasteiger partial charge on any atom is 0.338 e. The molecule has 0 spiro atoms. The Bertz CT molecular complexity index is 419. The number of ether oxygens (including phenoxy) is 1. The first-order valence-corrected chi connectivity index (χ1v) is 7.08. The lowest BCUT2D eigenvalue weighted by Gasteiger charge is -2.06. The number of nitrogens with one attached hydrogen (secondary N) is 1. The van der Waals surface area contributed by atoms with Crippen molar-refractivity contribution in [3.05, 3.63) is 29.8 Å². The Hall–Kier alpha value is -1.53. The predicted molar refractivity (Wildman–Crippen MR) is 75.4 cm³/mol. The van der Waals surface area contributed by atoms with Crippen molar-refractivity contribution < 1.29 is 19.4 Å². The lowest BCUT2D eigenvalue weighted by atomic mass is 10.2. The summed E-state index contributed by atoms with van der Waals surface area (Å²) in [5, 5.41) is 11.3. The van der Waals surface area contributed by atoms with Gasteiger partial charge in [-0.3, -0.25) is 4.79 Å². The van der Waals surface area contributed by atoms with E-state index in [2.05, 4.69) is 5.32 Å². The van der Waals surface area contributed by atoms with Crippen molar-refractivity contribution in [1.29, 1.82) is 0 Å². The van der Waals surface area contributed by atoms with Crippen LogP contribution >= 0.6 is 11.8 Å². The number of benzene rings is 1. The number of carbonyl (C=O) groups excluding carboxylic acids is 2. The van der Waals surface area contributed by atoms with Crippen molar-refractivity contribution >= 4 is 29.3 Å². The normalized spacial score (nSPS) is 10.0. The molecule has 0 radical (unpaired) electrons. The highest BCUT2D eigenvalue weighted by molar-refractivity contribution is 7.99. The van der Waals surface area contributed by atoms with Crippen LogP contribution in [0.25, 0.3) is 0 Å². The minimum absolute atomic E-state index is 0.0617. The summed E-state index contributed by atoms with van der Waals surface area (Å²) in [7, 11) is 0. The number of anilines is 1. The van der Waals surface area contributed by atoms with Gasteiger partial charge in [0.2, 0.25) is 5.91 Å². The molecule has 0 unspecified atom stereocenters. The molecule has 1 aromatic carbocycles. The topological polar surface area (TPSA) is 75.6 Å². The van der Waals surface area contributed by atoms with Gasteiger partial charge in [0.25, 0.3) is 0 Å². The SMILES string of the molecule is CCOC(=O)c1ccc(NC(=O)CSCCO)cc1. The molecule has 0 bridgehead atoms. The number of aliphatic hydroxyl groups excluding tert-OH is 1. The third kappa shape index (κ3) is 5.76. The smallest absolute Gasteiger partial charge is 0.338 e. The first-order chi connectivity index (χ1) is 9.17. The van der Waals surface area contributed by atoms with Crippen molar-refractivity contribution in [1.82, 2.24) is 0 Å². The molecule has 2 N–H and O–H groups in total. The molecule has 0 atom stereocenters. The maximum atomic E-state index is 11.5. The summed E-state index contributed by atoms with van der Waals surface area (Å²) >= 11 is 1.36. The molecule has 1 amide bonds. The molecule has 0 aliphatic carbocycles. The predicted octanol–water partition coefficient (Wildman–Crippen LogP) is 1.53. The van der Waals surface area contributed by atoms with Crippen LogP contribution in [0, 0.1) is 0 Å². The fourth-order valence-electron chi connectivity index (χ4n) is 1.33. The van der Waals surface area contributed by atoms with Gasteiger partial charge in [-0.05, 0) is 31.2 Å². The van der Waals surface area contributed by atoms with Gasteiger partial charge in [-0.1, -0.05) is 0 Å². The zero-order valence-corrected chi connectivity index (χ0v) is 11.5. The Kier molecular flexibility index (Phi) is 6.99. The second-order valence-corrected chi connectivity index (χ2v) is 4.73. The molecule has 0 fully saturated rings. The minimum Gasteiger partial charge on any atom is -0.462 e. The highest BCUT2D eigenvalue weighted by atomic mass is 32.2. The van der Waals surface area contributed by atoms with E-state index < -0.39 is 0 Å². The molecule has 19 heavy (non-hydrogen) atoms. The quantitative estimate of drug-likeness (QED) is 0.586. The Labute approximate surface area is 116 Å². The summed E-state index contributed by atoms with van der Waals surface area (Å²) in [5.74, 6) is 0.316. The fraction of sp³-hybridized carbons (Fsp3) is 0.385. The Morgan fingerprint density at radius 1 is 1.32 bits per heavy atom. The highest BCUT2D eigenvalue weighted by Crippen LogP contribution is 2.11. The average molecular weight is 283 g/mol. The number of hydrogen-bond acceptors (Lipinski definition) is 5. The van der Waals surface area contributed by atoms with Gasteiger partial charge in [-0.25, -0.2) is 4.79 Å². The molecule has 0 aliphatic rings. The summed E-state index contributed by atoms with van der Waals surface area (Å²) in [6, 6.07) is 6.52. The van der Waals surface area contributed by atoms with Crippen LogP contribution in [0.4, 0.5) is 5.69 Å². The lowest BCUT2D eigenvalue weighted by molar-refractivity contribution is -0.113. The summed E-state index contributed by atoms with van der Waals surface area (Å²) in [5.41, 5.74) is 1.08. The molecule has 1 aromatic rings. The van der Waals surface area contributed by atoms with Crippen LogP contribution in [0.5, 0.6) is 0 Å². The number of carbonyl (C=O) groups is 2. The van der Waals surface area contributed by atoms with Crippen molar-refractivity contribution in [3.8, 4) is 0 Å². The monoisotopic (exact) mass is 283 g/mol. The zero-order valence-electron chi connectivity index (χ0n) is 10.7. The lowest BCUT2D eigenvalue weighted by Crippen LogP contribution is -2.14. The van der Waals surface area contributed by atoms with Gasteiger partial charge in [0.05, 0.1) is 24.5 Å². The van der Waals surface area contributed by atoms with Crippen LogP contribution in [0.3, 0.4) is 0 Å². The molecule has 1 rings (SSSR count). The van der Waals surface area contributed by atoms with Crippen molar-refractivity contribution in [2.75, 3.05) is 30.0 Å². The fourth-order valence-corrected chi connectivity index (χ4v) is 1.86. The van der Waals surface area contributed by atoms with Gasteiger partial charge >= 0.3 is 5.97 Å². The van der Waals surface area contributed by atoms with Gasteiger partial charge in [0, 0.05) is 11.4 Å². The highest BCUT2D eigenvalue weighted by Gasteiger charge is 2.07. The number of amides is 1. The van der Waals surface area contributed by atoms with Crippen molar-refractivity contribution in [3.63, 3.8) is 0 Å². The Balaban J connectivity index is 2.47. The Morgan fingerprint density at radius 3 is 2.58 bits per heavy atom. The van der Waals surface area contributed by atoms with Gasteiger partial charge in [-0.15, -0.1) is 11.8 Å². The van der Waals surface area contributed by atoms with E-state index in [1.165, 1.54) is 11.8 Å². The molecule has 6 heteroatoms. The summed E-state index contributed by atoms with van der Waals surface area (Å²) in [6.07, 6.45) is 0. The van der Waals surface area contributed by atoms with Crippen LogP contribution in [-0.2, 0) is 9.53 Å². The van der Waals surface area contributed by atoms with E-state index in [0.29, 0.717) is 29.4 Å². The number of hydrogen-bond donors (Lipinski definition) is 2. The Morgan fingerprint density at radius 2 is 2.00 bits per heavy atom. The third-order valence-electron chi connectivity index (χ3n) is 2.15. The van der Waals surface area contributed by atoms with Gasteiger partial charge in [0.15, 0.2) is 0 Å². The standard InChI is InChI=1S/C13H17NO4S/c1-2-18-13(17)10-3-5-11(6-4-10)14-12(16)9-19-8-7-15/h3-6,15H,2,7-9H2,1H3,(H,14,16). The molecule has 0 aliphatic heterocycles. The number of thioether (sulfide) groups is 1. The zero-order chi connectivity index (χ0) is 14.1. The molecule has 0 saturated heterocycles. The first-order valence-electron chi connectivity index (χ1n) is 5.93. The van der Waals surface area contributed by atoms with E-state index in [9.17, 15) is 9.59 Å². The molecule has 0 heterocycles. The number of rotatable bonds is 7. The maximum absolute atomic E-state index is 11.5. The van der Waals surface area contributed by atoms with Crippen LogP contribution < -0.4 is 5.32 Å². The van der Waals surface area contributed by atoms with Gasteiger partial charge in [-0.2, -0.15) is 0 Å². The largest absolute Gasteiger partial charge is 0.462 e. The second-order valence-electron chi connectivity index (χ2n) is 3.62. The average Bonchev–Trinajstić information content (AvgIpc) is 2.40. The summed E-state index contributed by atoms with van der Waals surface area (Å²) in [4.78, 5) is 22.9. The van der Waals surface area contributed by atoms with Crippen LogP contribution in [-0.4, -0.2) is 41.7 Å². The van der Waals surface area contributed by atoms with Gasteiger partial charge in [0.1, 0.15) is 0 Å². The van der Waals surface area contributed by atoms with E-state index >= 15 is 0 Å². The van der Waals surface area contributed by atoms with Crippen LogP contribution in [0.2, 0.25) is 0 Å². The van der Waals surface area contributed by atoms with E-state index in [1.54, 1.807) is 31.2 Å². The van der Waals surface area contributed by atoms with Crippen molar-refractivity contribution in [2.45, 2.75) is 6.92 Å². The number of esters is 1. The molecule has 0 aromatic heterocycles. The van der Waals surface area contributed by atoms with E-state index in [4.69, 9.17) is 9.84 Å². The van der Waals surface area contributed by atoms with E-state index in [-0.39, 0.29) is 18.5 Å². The first kappa shape index (κ1) is 15.5. The van der Waals surface area contributed by atoms with Crippen molar-refractivity contribution in [2.24, 2.45) is 0 Å². The summed E-state index contributed by atoms with van der Waals surface area (Å²) in [6.45, 7) is 2.14. The second kappa shape index (κ2) is 8.55. The molecular weight excluding hydrogens is 266 g/mol. The molecule has 0 saturated carbocycles. The number of aliphatic hydroxyl groups is 1. The summed E-state index contributed by atoms with van der Waals surface area (Å²) < 4.78 is 4.86. The van der Waals surface area contributed by atoms with Gasteiger partial charge < -0.3 is 15.2 Å². The molecule has 104 valence electrons. The van der Waals surface area contributed by atoms with E-state index in [0.717, 1.165) is 0 Å². The van der Waals surface area contributed by atoms with E-state index in [1.807, 2.05) is 0 Å². The molecule has 5 nitrogen and oxygen atoms in total. The van der Waals surface area contributed by atoms with Crippen LogP contribution in [0.1, 0.15) is 17.3 Å².